The lowest BCUT2D eigenvalue weighted by Crippen LogP contribution is -2.54. The third-order valence-electron chi connectivity index (χ3n) is 2.83. The standard InChI is InChI=1S/C13H24N2O4/c1-5-18-11(16)10-8-9(14)6-7-15(10)12(17)19-13(2,3)4/h9-10H,5-8,14H2,1-4H3. The highest BCUT2D eigenvalue weighted by Crippen LogP contribution is 2.21. The molecule has 0 aromatic heterocycles. The molecule has 0 aromatic carbocycles. The van der Waals surface area contributed by atoms with Crippen molar-refractivity contribution in [3.05, 3.63) is 0 Å². The van der Waals surface area contributed by atoms with Crippen molar-refractivity contribution >= 4 is 12.1 Å². The number of hydrogen-bond acceptors (Lipinski definition) is 5. The van der Waals surface area contributed by atoms with E-state index in [0.717, 1.165) is 0 Å². The molecule has 0 spiro atoms. The molecule has 0 aliphatic carbocycles. The van der Waals surface area contributed by atoms with Crippen molar-refractivity contribution in [1.82, 2.24) is 4.90 Å². The molecule has 0 radical (unpaired) electrons. The largest absolute Gasteiger partial charge is 0.464 e. The van der Waals surface area contributed by atoms with E-state index in [1.807, 2.05) is 0 Å². The summed E-state index contributed by atoms with van der Waals surface area (Å²) < 4.78 is 10.3. The first kappa shape index (κ1) is 15.8. The van der Waals surface area contributed by atoms with Gasteiger partial charge in [0.25, 0.3) is 0 Å². The van der Waals surface area contributed by atoms with Gasteiger partial charge in [0.15, 0.2) is 0 Å². The zero-order chi connectivity index (χ0) is 14.6. The molecule has 0 saturated carbocycles. The lowest BCUT2D eigenvalue weighted by atomic mass is 9.98. The van der Waals surface area contributed by atoms with Crippen molar-refractivity contribution in [2.24, 2.45) is 5.73 Å². The molecule has 2 atom stereocenters. The van der Waals surface area contributed by atoms with Crippen molar-refractivity contribution in [3.8, 4) is 0 Å². The highest BCUT2D eigenvalue weighted by Gasteiger charge is 2.38. The molecule has 1 heterocycles. The van der Waals surface area contributed by atoms with E-state index in [0.29, 0.717) is 19.4 Å². The quantitative estimate of drug-likeness (QED) is 0.766. The first-order valence-corrected chi connectivity index (χ1v) is 6.66. The Labute approximate surface area is 114 Å². The van der Waals surface area contributed by atoms with Crippen LogP contribution in [0.3, 0.4) is 0 Å². The molecule has 2 N–H and O–H groups in total. The summed E-state index contributed by atoms with van der Waals surface area (Å²) in [6.07, 6.45) is 0.588. The Morgan fingerprint density at radius 2 is 2.00 bits per heavy atom. The van der Waals surface area contributed by atoms with Gasteiger partial charge in [-0.3, -0.25) is 4.90 Å². The van der Waals surface area contributed by atoms with Gasteiger partial charge < -0.3 is 15.2 Å². The van der Waals surface area contributed by atoms with E-state index in [2.05, 4.69) is 0 Å². The molecule has 1 fully saturated rings. The third-order valence-corrected chi connectivity index (χ3v) is 2.83. The highest BCUT2D eigenvalue weighted by molar-refractivity contribution is 5.82. The topological polar surface area (TPSA) is 81.9 Å². The van der Waals surface area contributed by atoms with Crippen LogP contribution in [0.2, 0.25) is 0 Å². The van der Waals surface area contributed by atoms with Crippen molar-refractivity contribution < 1.29 is 19.1 Å². The zero-order valence-corrected chi connectivity index (χ0v) is 12.1. The Hall–Kier alpha value is -1.30. The minimum atomic E-state index is -0.640. The number of ether oxygens (including phenoxy) is 2. The van der Waals surface area contributed by atoms with E-state index >= 15 is 0 Å². The molecule has 1 saturated heterocycles. The van der Waals surface area contributed by atoms with Gasteiger partial charge in [-0.2, -0.15) is 0 Å². The summed E-state index contributed by atoms with van der Waals surface area (Å²) in [7, 11) is 0. The maximum atomic E-state index is 12.1. The Bertz CT molecular complexity index is 338. The SMILES string of the molecule is CCOC(=O)C1CC(N)CCN1C(=O)OC(C)(C)C. The lowest BCUT2D eigenvalue weighted by molar-refractivity contribution is -0.150. The Balaban J connectivity index is 2.77. The maximum Gasteiger partial charge on any atom is 0.411 e. The third kappa shape index (κ3) is 4.70. The van der Waals surface area contributed by atoms with Crippen LogP contribution in [0.25, 0.3) is 0 Å². The number of hydrogen-bond donors (Lipinski definition) is 1. The van der Waals surface area contributed by atoms with Crippen LogP contribution in [-0.2, 0) is 14.3 Å². The van der Waals surface area contributed by atoms with E-state index in [1.54, 1.807) is 27.7 Å². The summed E-state index contributed by atoms with van der Waals surface area (Å²) in [5.74, 6) is -0.413. The van der Waals surface area contributed by atoms with Crippen LogP contribution in [0, 0.1) is 0 Å². The molecule has 110 valence electrons. The average molecular weight is 272 g/mol. The summed E-state index contributed by atoms with van der Waals surface area (Å²) >= 11 is 0. The smallest absolute Gasteiger partial charge is 0.411 e. The van der Waals surface area contributed by atoms with E-state index in [1.165, 1.54) is 4.90 Å². The van der Waals surface area contributed by atoms with Gasteiger partial charge in [-0.15, -0.1) is 0 Å². The number of piperidine rings is 1. The predicted molar refractivity (Wildman–Crippen MR) is 70.6 cm³/mol. The van der Waals surface area contributed by atoms with Gasteiger partial charge in [-0.05, 0) is 40.5 Å². The second-order valence-electron chi connectivity index (χ2n) is 5.73. The summed E-state index contributed by atoms with van der Waals surface area (Å²) in [6, 6.07) is -0.730. The van der Waals surface area contributed by atoms with Gasteiger partial charge in [0, 0.05) is 12.6 Å². The Morgan fingerprint density at radius 3 is 2.53 bits per heavy atom. The summed E-state index contributed by atoms with van der Waals surface area (Å²) in [5.41, 5.74) is 5.27. The van der Waals surface area contributed by atoms with Gasteiger partial charge in [-0.1, -0.05) is 0 Å². The number of esters is 1. The minimum absolute atomic E-state index is 0.0897. The molecule has 1 amide bonds. The van der Waals surface area contributed by atoms with E-state index < -0.39 is 23.7 Å². The van der Waals surface area contributed by atoms with Crippen LogP contribution in [0.4, 0.5) is 4.79 Å². The van der Waals surface area contributed by atoms with Crippen LogP contribution < -0.4 is 5.73 Å². The fraction of sp³-hybridized carbons (Fsp3) is 0.846. The molecule has 0 aromatic rings. The maximum absolute atomic E-state index is 12.1. The number of nitrogens with two attached hydrogens (primary N) is 1. The van der Waals surface area contributed by atoms with Crippen molar-refractivity contribution in [2.45, 2.75) is 58.2 Å². The number of likely N-dealkylation sites (tertiary alicyclic amines) is 1. The van der Waals surface area contributed by atoms with Crippen LogP contribution in [0.5, 0.6) is 0 Å². The second kappa shape index (κ2) is 6.23. The van der Waals surface area contributed by atoms with Gasteiger partial charge in [0.05, 0.1) is 6.61 Å². The molecule has 1 aliphatic rings. The zero-order valence-electron chi connectivity index (χ0n) is 12.1. The first-order chi connectivity index (χ1) is 8.74. The summed E-state index contributed by atoms with van der Waals surface area (Å²) in [6.45, 7) is 7.81. The first-order valence-electron chi connectivity index (χ1n) is 6.66. The lowest BCUT2D eigenvalue weighted by Gasteiger charge is -2.37. The fourth-order valence-corrected chi connectivity index (χ4v) is 1.99. The normalized spacial score (nSPS) is 23.9. The molecule has 1 aliphatic heterocycles. The van der Waals surface area contributed by atoms with Gasteiger partial charge in [-0.25, -0.2) is 9.59 Å². The van der Waals surface area contributed by atoms with Crippen LogP contribution in [0.15, 0.2) is 0 Å². The number of nitrogens with zero attached hydrogens (tertiary/aromatic N) is 1. The van der Waals surface area contributed by atoms with Crippen LogP contribution >= 0.6 is 0 Å². The predicted octanol–water partition coefficient (Wildman–Crippen LogP) is 1.28. The number of carbonyl (C=O) groups is 2. The minimum Gasteiger partial charge on any atom is -0.464 e. The van der Waals surface area contributed by atoms with E-state index in [-0.39, 0.29) is 12.6 Å². The number of rotatable bonds is 2. The molecule has 0 bridgehead atoms. The molecule has 19 heavy (non-hydrogen) atoms. The van der Waals surface area contributed by atoms with E-state index in [4.69, 9.17) is 15.2 Å². The van der Waals surface area contributed by atoms with Gasteiger partial charge in [0.1, 0.15) is 11.6 Å². The van der Waals surface area contributed by atoms with E-state index in [9.17, 15) is 9.59 Å². The molecule has 6 heteroatoms. The van der Waals surface area contributed by atoms with Gasteiger partial charge >= 0.3 is 12.1 Å². The summed E-state index contributed by atoms with van der Waals surface area (Å²) in [4.78, 5) is 25.4. The second-order valence-corrected chi connectivity index (χ2v) is 5.73. The number of carbonyl (C=O) groups excluding carboxylic acids is 2. The number of amides is 1. The Kier molecular flexibility index (Phi) is 5.17. The Morgan fingerprint density at radius 1 is 1.37 bits per heavy atom. The molecule has 1 rings (SSSR count). The van der Waals surface area contributed by atoms with Crippen molar-refractivity contribution in [3.63, 3.8) is 0 Å². The van der Waals surface area contributed by atoms with Crippen LogP contribution in [-0.4, -0.2) is 47.8 Å². The van der Waals surface area contributed by atoms with Crippen LogP contribution in [0.1, 0.15) is 40.5 Å². The average Bonchev–Trinajstić information content (AvgIpc) is 2.26. The highest BCUT2D eigenvalue weighted by atomic mass is 16.6. The monoisotopic (exact) mass is 272 g/mol. The van der Waals surface area contributed by atoms with Crippen molar-refractivity contribution in [1.29, 1.82) is 0 Å². The van der Waals surface area contributed by atoms with Gasteiger partial charge in [0.2, 0.25) is 0 Å². The molecule has 2 unspecified atom stereocenters. The molecular weight excluding hydrogens is 248 g/mol. The molecule has 6 nitrogen and oxygen atoms in total. The fourth-order valence-electron chi connectivity index (χ4n) is 1.99. The molecular formula is C13H24N2O4. The van der Waals surface area contributed by atoms with Crippen molar-refractivity contribution in [2.75, 3.05) is 13.2 Å². The summed E-state index contributed by atoms with van der Waals surface area (Å²) in [5, 5.41) is 0.